The first-order valence-electron chi connectivity index (χ1n) is 5.87. The minimum absolute atomic E-state index is 0.163. The van der Waals surface area contributed by atoms with Gasteiger partial charge in [-0.3, -0.25) is 0 Å². The highest BCUT2D eigenvalue weighted by Crippen LogP contribution is 2.27. The summed E-state index contributed by atoms with van der Waals surface area (Å²) in [5.41, 5.74) is 0. The quantitative estimate of drug-likeness (QED) is 0.573. The van der Waals surface area contributed by atoms with E-state index in [2.05, 4.69) is 0 Å². The predicted molar refractivity (Wildman–Crippen MR) is 76.1 cm³/mol. The summed E-state index contributed by atoms with van der Waals surface area (Å²) in [6.45, 7) is 1.09. The van der Waals surface area contributed by atoms with Crippen molar-refractivity contribution in [1.29, 1.82) is 0 Å². The molecule has 0 unspecified atom stereocenters. The SMILES string of the molecule is CN(C)CCCOC(=O)COc1ccc(Cl)cc1Cl. The number of nitrogens with zero attached hydrogens (tertiary/aromatic N) is 1. The van der Waals surface area contributed by atoms with Crippen molar-refractivity contribution in [3.63, 3.8) is 0 Å². The molecule has 0 aliphatic heterocycles. The molecule has 0 radical (unpaired) electrons. The van der Waals surface area contributed by atoms with E-state index in [0.717, 1.165) is 13.0 Å². The molecule has 1 aromatic carbocycles. The van der Waals surface area contributed by atoms with E-state index in [-0.39, 0.29) is 6.61 Å². The van der Waals surface area contributed by atoms with Crippen LogP contribution in [0.3, 0.4) is 0 Å². The number of halogens is 2. The summed E-state index contributed by atoms with van der Waals surface area (Å²) < 4.78 is 10.3. The number of esters is 1. The normalized spacial score (nSPS) is 10.6. The summed E-state index contributed by atoms with van der Waals surface area (Å²) in [5.74, 6) is 0.00100. The summed E-state index contributed by atoms with van der Waals surface area (Å²) in [4.78, 5) is 13.4. The van der Waals surface area contributed by atoms with Crippen LogP contribution in [0.5, 0.6) is 5.75 Å². The number of hydrogen-bond donors (Lipinski definition) is 0. The van der Waals surface area contributed by atoms with E-state index < -0.39 is 5.97 Å². The molecule has 0 fully saturated rings. The third-order valence-electron chi connectivity index (χ3n) is 2.25. The number of carbonyl (C=O) groups is 1. The molecule has 6 heteroatoms. The first-order valence-corrected chi connectivity index (χ1v) is 6.63. The van der Waals surface area contributed by atoms with Crippen LogP contribution in [0, 0.1) is 0 Å². The van der Waals surface area contributed by atoms with Gasteiger partial charge in [0.25, 0.3) is 0 Å². The molecule has 1 aromatic rings. The molecule has 0 saturated carbocycles. The van der Waals surface area contributed by atoms with Gasteiger partial charge in [-0.15, -0.1) is 0 Å². The number of rotatable bonds is 7. The molecule has 0 aliphatic carbocycles. The van der Waals surface area contributed by atoms with Crippen molar-refractivity contribution in [1.82, 2.24) is 4.90 Å². The van der Waals surface area contributed by atoms with Gasteiger partial charge < -0.3 is 14.4 Å². The van der Waals surface area contributed by atoms with E-state index in [9.17, 15) is 4.79 Å². The minimum atomic E-state index is -0.412. The third-order valence-corrected chi connectivity index (χ3v) is 2.78. The lowest BCUT2D eigenvalue weighted by Gasteiger charge is -2.10. The zero-order valence-corrected chi connectivity index (χ0v) is 12.5. The van der Waals surface area contributed by atoms with E-state index in [1.807, 2.05) is 19.0 Å². The van der Waals surface area contributed by atoms with Gasteiger partial charge >= 0.3 is 5.97 Å². The molecule has 106 valence electrons. The van der Waals surface area contributed by atoms with Gasteiger partial charge in [-0.25, -0.2) is 4.79 Å². The van der Waals surface area contributed by atoms with Crippen LogP contribution in [0.1, 0.15) is 6.42 Å². The van der Waals surface area contributed by atoms with Gasteiger partial charge in [0.2, 0.25) is 0 Å². The van der Waals surface area contributed by atoms with Crippen molar-refractivity contribution in [2.75, 3.05) is 33.9 Å². The van der Waals surface area contributed by atoms with Crippen molar-refractivity contribution in [2.24, 2.45) is 0 Å². The lowest BCUT2D eigenvalue weighted by atomic mass is 10.3. The lowest BCUT2D eigenvalue weighted by molar-refractivity contribution is -0.146. The zero-order valence-electron chi connectivity index (χ0n) is 11.0. The Morgan fingerprint density at radius 2 is 2.05 bits per heavy atom. The van der Waals surface area contributed by atoms with Crippen LogP contribution in [-0.4, -0.2) is 44.7 Å². The summed E-state index contributed by atoms with van der Waals surface area (Å²) in [7, 11) is 3.93. The Labute approximate surface area is 123 Å². The maximum atomic E-state index is 11.4. The van der Waals surface area contributed by atoms with Crippen molar-refractivity contribution in [3.05, 3.63) is 28.2 Å². The van der Waals surface area contributed by atoms with Crippen molar-refractivity contribution < 1.29 is 14.3 Å². The van der Waals surface area contributed by atoms with Crippen LogP contribution >= 0.6 is 23.2 Å². The van der Waals surface area contributed by atoms with Crippen LogP contribution in [0.4, 0.5) is 0 Å². The number of carbonyl (C=O) groups excluding carboxylic acids is 1. The second-order valence-corrected chi connectivity index (χ2v) is 5.08. The Bertz CT molecular complexity index is 424. The maximum absolute atomic E-state index is 11.4. The van der Waals surface area contributed by atoms with Crippen LogP contribution in [0.2, 0.25) is 10.0 Å². The predicted octanol–water partition coefficient (Wildman–Crippen LogP) is 2.87. The Kier molecular flexibility index (Phi) is 6.99. The number of benzene rings is 1. The highest BCUT2D eigenvalue weighted by Gasteiger charge is 2.07. The van der Waals surface area contributed by atoms with Crippen LogP contribution in [-0.2, 0) is 9.53 Å². The average Bonchev–Trinajstić information content (AvgIpc) is 2.33. The van der Waals surface area contributed by atoms with Crippen LogP contribution in [0.25, 0.3) is 0 Å². The Morgan fingerprint density at radius 1 is 1.32 bits per heavy atom. The van der Waals surface area contributed by atoms with Gasteiger partial charge in [0, 0.05) is 11.6 Å². The van der Waals surface area contributed by atoms with Gasteiger partial charge in [0.15, 0.2) is 6.61 Å². The first-order chi connectivity index (χ1) is 8.99. The topological polar surface area (TPSA) is 38.8 Å². The second-order valence-electron chi connectivity index (χ2n) is 4.24. The molecule has 1 rings (SSSR count). The molecule has 4 nitrogen and oxygen atoms in total. The smallest absolute Gasteiger partial charge is 0.344 e. The van der Waals surface area contributed by atoms with Crippen LogP contribution < -0.4 is 4.74 Å². The number of ether oxygens (including phenoxy) is 2. The fraction of sp³-hybridized carbons (Fsp3) is 0.462. The first kappa shape index (κ1) is 16.1. The highest BCUT2D eigenvalue weighted by atomic mass is 35.5. The average molecular weight is 306 g/mol. The summed E-state index contributed by atoms with van der Waals surface area (Å²) in [6, 6.07) is 4.82. The fourth-order valence-corrected chi connectivity index (χ4v) is 1.80. The van der Waals surface area contributed by atoms with E-state index in [1.54, 1.807) is 18.2 Å². The van der Waals surface area contributed by atoms with Crippen molar-refractivity contribution in [3.8, 4) is 5.75 Å². The van der Waals surface area contributed by atoms with E-state index in [1.165, 1.54) is 0 Å². The fourth-order valence-electron chi connectivity index (χ4n) is 1.34. The molecule has 0 heterocycles. The second kappa shape index (κ2) is 8.25. The van der Waals surface area contributed by atoms with E-state index >= 15 is 0 Å². The Hall–Kier alpha value is -0.970. The summed E-state index contributed by atoms with van der Waals surface area (Å²) >= 11 is 11.7. The number of hydrogen-bond acceptors (Lipinski definition) is 4. The molecule has 0 atom stereocenters. The molecule has 0 amide bonds. The molecule has 0 saturated heterocycles. The largest absolute Gasteiger partial charge is 0.480 e. The Balaban J connectivity index is 2.26. The molecular weight excluding hydrogens is 289 g/mol. The van der Waals surface area contributed by atoms with Gasteiger partial charge in [-0.1, -0.05) is 23.2 Å². The van der Waals surface area contributed by atoms with Crippen LogP contribution in [0.15, 0.2) is 18.2 Å². The van der Waals surface area contributed by atoms with Crippen molar-refractivity contribution >= 4 is 29.2 Å². The minimum Gasteiger partial charge on any atom is -0.480 e. The maximum Gasteiger partial charge on any atom is 0.344 e. The molecule has 0 N–H and O–H groups in total. The highest BCUT2D eigenvalue weighted by molar-refractivity contribution is 6.35. The van der Waals surface area contributed by atoms with E-state index in [4.69, 9.17) is 32.7 Å². The molecule has 0 aliphatic rings. The molecule has 0 aromatic heterocycles. The Morgan fingerprint density at radius 3 is 2.68 bits per heavy atom. The summed E-state index contributed by atoms with van der Waals surface area (Å²) in [6.07, 6.45) is 0.792. The monoisotopic (exact) mass is 305 g/mol. The van der Waals surface area contributed by atoms with Gasteiger partial charge in [0.1, 0.15) is 5.75 Å². The van der Waals surface area contributed by atoms with E-state index in [0.29, 0.717) is 22.4 Å². The molecule has 0 bridgehead atoms. The van der Waals surface area contributed by atoms with Gasteiger partial charge in [0.05, 0.1) is 11.6 Å². The standard InChI is InChI=1S/C13H17Cl2NO3/c1-16(2)6-3-7-18-13(17)9-19-12-5-4-10(14)8-11(12)15/h4-5,8H,3,6-7,9H2,1-2H3. The summed E-state index contributed by atoms with van der Waals surface area (Å²) in [5, 5.41) is 0.886. The van der Waals surface area contributed by atoms with Gasteiger partial charge in [-0.05, 0) is 38.7 Å². The zero-order chi connectivity index (χ0) is 14.3. The van der Waals surface area contributed by atoms with Gasteiger partial charge in [-0.2, -0.15) is 0 Å². The third kappa shape index (κ3) is 6.66. The molecule has 0 spiro atoms. The molecule has 19 heavy (non-hydrogen) atoms. The lowest BCUT2D eigenvalue weighted by Crippen LogP contribution is -2.19. The van der Waals surface area contributed by atoms with Crippen molar-refractivity contribution in [2.45, 2.75) is 6.42 Å². The molecular formula is C13H17Cl2NO3.